The third-order valence-electron chi connectivity index (χ3n) is 3.08. The van der Waals surface area contributed by atoms with E-state index in [1.807, 2.05) is 0 Å². The van der Waals surface area contributed by atoms with Crippen LogP contribution in [0.1, 0.15) is 12.8 Å². The predicted octanol–water partition coefficient (Wildman–Crippen LogP) is 1.52. The zero-order valence-corrected chi connectivity index (χ0v) is 10.1. The van der Waals surface area contributed by atoms with Crippen LogP contribution in [0.3, 0.4) is 0 Å². The Morgan fingerprint density at radius 1 is 1.50 bits per heavy atom. The Bertz CT molecular complexity index is 419. The van der Waals surface area contributed by atoms with Crippen molar-refractivity contribution in [2.45, 2.75) is 18.9 Å². The molecule has 0 aliphatic heterocycles. The molecule has 0 bridgehead atoms. The summed E-state index contributed by atoms with van der Waals surface area (Å²) in [5, 5.41) is 2.58. The number of nitrogens with two attached hydrogens (primary N) is 1. The first-order valence-electron chi connectivity index (χ1n) is 6.04. The minimum absolute atomic E-state index is 0.00152. The Hall–Kier alpha value is -1.46. The fourth-order valence-electron chi connectivity index (χ4n) is 1.96. The van der Waals surface area contributed by atoms with E-state index in [-0.39, 0.29) is 24.4 Å². The van der Waals surface area contributed by atoms with Crippen LogP contribution in [0.5, 0.6) is 0 Å². The van der Waals surface area contributed by atoms with Crippen molar-refractivity contribution in [2.24, 2.45) is 11.7 Å². The molecule has 1 aromatic carbocycles. The zero-order chi connectivity index (χ0) is 13.0. The topological polar surface area (TPSA) is 64.3 Å². The zero-order valence-electron chi connectivity index (χ0n) is 10.1. The van der Waals surface area contributed by atoms with Crippen LogP contribution in [0.15, 0.2) is 24.3 Å². The number of amides is 1. The SMILES string of the molecule is NCC1CC(OCC(=O)Nc2cccc(F)c2)C1. The molecule has 1 aromatic rings. The first-order valence-corrected chi connectivity index (χ1v) is 6.04. The molecule has 0 radical (unpaired) electrons. The predicted molar refractivity (Wildman–Crippen MR) is 66.5 cm³/mol. The highest BCUT2D eigenvalue weighted by Gasteiger charge is 2.28. The van der Waals surface area contributed by atoms with Gasteiger partial charge in [0.15, 0.2) is 0 Å². The van der Waals surface area contributed by atoms with Crippen LogP contribution in [0, 0.1) is 11.7 Å². The van der Waals surface area contributed by atoms with Gasteiger partial charge in [-0.05, 0) is 43.5 Å². The highest BCUT2D eigenvalue weighted by Crippen LogP contribution is 2.28. The van der Waals surface area contributed by atoms with Gasteiger partial charge in [0, 0.05) is 5.69 Å². The number of benzene rings is 1. The minimum Gasteiger partial charge on any atom is -0.368 e. The van der Waals surface area contributed by atoms with Crippen molar-refractivity contribution in [1.29, 1.82) is 0 Å². The van der Waals surface area contributed by atoms with Crippen LogP contribution in [0.4, 0.5) is 10.1 Å². The van der Waals surface area contributed by atoms with Crippen molar-refractivity contribution >= 4 is 11.6 Å². The average Bonchev–Trinajstić information content (AvgIpc) is 2.27. The summed E-state index contributed by atoms with van der Waals surface area (Å²) in [6.07, 6.45) is 1.98. The van der Waals surface area contributed by atoms with E-state index in [0.717, 1.165) is 12.8 Å². The summed E-state index contributed by atoms with van der Waals surface area (Å²) in [7, 11) is 0. The average molecular weight is 252 g/mol. The van der Waals surface area contributed by atoms with Gasteiger partial charge in [-0.15, -0.1) is 0 Å². The molecule has 4 nitrogen and oxygen atoms in total. The van der Waals surface area contributed by atoms with Crippen LogP contribution >= 0.6 is 0 Å². The van der Waals surface area contributed by atoms with Crippen LogP contribution < -0.4 is 11.1 Å². The molecule has 0 spiro atoms. The molecule has 0 heterocycles. The lowest BCUT2D eigenvalue weighted by Crippen LogP contribution is -2.37. The van der Waals surface area contributed by atoms with Crippen LogP contribution in [0.2, 0.25) is 0 Å². The Labute approximate surface area is 105 Å². The summed E-state index contributed by atoms with van der Waals surface area (Å²) in [5.74, 6) is -0.114. The second kappa shape index (κ2) is 5.93. The molecule has 0 atom stereocenters. The Morgan fingerprint density at radius 2 is 2.28 bits per heavy atom. The van der Waals surface area contributed by atoms with Crippen LogP contribution in [0.25, 0.3) is 0 Å². The van der Waals surface area contributed by atoms with Crippen molar-refractivity contribution < 1.29 is 13.9 Å². The summed E-state index contributed by atoms with van der Waals surface area (Å²) in [6, 6.07) is 5.78. The largest absolute Gasteiger partial charge is 0.368 e. The van der Waals surface area contributed by atoms with Gasteiger partial charge in [0.2, 0.25) is 5.91 Å². The Morgan fingerprint density at radius 3 is 2.94 bits per heavy atom. The van der Waals surface area contributed by atoms with Gasteiger partial charge < -0.3 is 15.8 Å². The van der Waals surface area contributed by atoms with Crippen molar-refractivity contribution in [3.8, 4) is 0 Å². The highest BCUT2D eigenvalue weighted by molar-refractivity contribution is 5.91. The number of carbonyl (C=O) groups excluding carboxylic acids is 1. The molecule has 0 aromatic heterocycles. The van der Waals surface area contributed by atoms with Gasteiger partial charge in [-0.3, -0.25) is 4.79 Å². The first kappa shape index (κ1) is 13.0. The van der Waals surface area contributed by atoms with E-state index in [0.29, 0.717) is 18.2 Å². The van der Waals surface area contributed by atoms with Crippen LogP contribution in [-0.2, 0) is 9.53 Å². The van der Waals surface area contributed by atoms with E-state index >= 15 is 0 Å². The number of carbonyl (C=O) groups is 1. The molecule has 18 heavy (non-hydrogen) atoms. The fourth-order valence-corrected chi connectivity index (χ4v) is 1.96. The van der Waals surface area contributed by atoms with E-state index in [4.69, 9.17) is 10.5 Å². The quantitative estimate of drug-likeness (QED) is 0.835. The van der Waals surface area contributed by atoms with E-state index < -0.39 is 0 Å². The second-order valence-corrected chi connectivity index (χ2v) is 4.56. The van der Waals surface area contributed by atoms with Gasteiger partial charge in [0.1, 0.15) is 12.4 Å². The third kappa shape index (κ3) is 3.51. The van der Waals surface area contributed by atoms with Gasteiger partial charge in [-0.25, -0.2) is 4.39 Å². The molecule has 1 aliphatic carbocycles. The summed E-state index contributed by atoms with van der Waals surface area (Å²) in [5.41, 5.74) is 5.94. The Balaban J connectivity index is 1.70. The molecular formula is C13H17FN2O2. The molecule has 3 N–H and O–H groups in total. The standard InChI is InChI=1S/C13H17FN2O2/c14-10-2-1-3-11(6-10)16-13(17)8-18-12-4-9(5-12)7-15/h1-3,6,9,12H,4-5,7-8,15H2,(H,16,17). The molecule has 1 saturated carbocycles. The lowest BCUT2D eigenvalue weighted by Gasteiger charge is -2.33. The van der Waals surface area contributed by atoms with Gasteiger partial charge in [0.25, 0.3) is 0 Å². The maximum absolute atomic E-state index is 12.9. The van der Waals surface area contributed by atoms with Gasteiger partial charge in [0.05, 0.1) is 6.10 Å². The minimum atomic E-state index is -0.376. The lowest BCUT2D eigenvalue weighted by atomic mass is 9.82. The first-order chi connectivity index (χ1) is 8.67. The highest BCUT2D eigenvalue weighted by atomic mass is 19.1. The molecule has 1 aliphatic rings. The fraction of sp³-hybridized carbons (Fsp3) is 0.462. The Kier molecular flexibility index (Phi) is 4.28. The van der Waals surface area contributed by atoms with Crippen molar-refractivity contribution in [3.05, 3.63) is 30.1 Å². The summed E-state index contributed by atoms with van der Waals surface area (Å²) in [6.45, 7) is 0.674. The van der Waals surface area contributed by atoms with Gasteiger partial charge in [-0.1, -0.05) is 6.07 Å². The molecule has 2 rings (SSSR count). The van der Waals surface area contributed by atoms with E-state index in [1.54, 1.807) is 12.1 Å². The van der Waals surface area contributed by atoms with Gasteiger partial charge in [-0.2, -0.15) is 0 Å². The molecule has 0 unspecified atom stereocenters. The summed E-state index contributed by atoms with van der Waals surface area (Å²) >= 11 is 0. The number of ether oxygens (including phenoxy) is 1. The molecule has 98 valence electrons. The molecular weight excluding hydrogens is 235 g/mol. The number of hydrogen-bond acceptors (Lipinski definition) is 3. The van der Waals surface area contributed by atoms with Crippen molar-refractivity contribution in [2.75, 3.05) is 18.5 Å². The number of nitrogens with one attached hydrogen (secondary N) is 1. The van der Waals surface area contributed by atoms with E-state index in [9.17, 15) is 9.18 Å². The molecule has 1 fully saturated rings. The lowest BCUT2D eigenvalue weighted by molar-refractivity contribution is -0.125. The maximum atomic E-state index is 12.9. The van der Waals surface area contributed by atoms with Crippen LogP contribution in [-0.4, -0.2) is 25.2 Å². The van der Waals surface area contributed by atoms with Gasteiger partial charge >= 0.3 is 0 Å². The summed E-state index contributed by atoms with van der Waals surface area (Å²) < 4.78 is 18.3. The van der Waals surface area contributed by atoms with Crippen molar-refractivity contribution in [3.63, 3.8) is 0 Å². The third-order valence-corrected chi connectivity index (χ3v) is 3.08. The molecule has 1 amide bonds. The number of hydrogen-bond donors (Lipinski definition) is 2. The molecule has 5 heteroatoms. The van der Waals surface area contributed by atoms with Crippen molar-refractivity contribution in [1.82, 2.24) is 0 Å². The summed E-state index contributed by atoms with van der Waals surface area (Å²) in [4.78, 5) is 11.5. The van der Waals surface area contributed by atoms with E-state index in [2.05, 4.69) is 5.32 Å². The smallest absolute Gasteiger partial charge is 0.250 e. The molecule has 0 saturated heterocycles. The normalized spacial score (nSPS) is 22.3. The number of anilines is 1. The number of rotatable bonds is 5. The van der Waals surface area contributed by atoms with E-state index in [1.165, 1.54) is 12.1 Å². The second-order valence-electron chi connectivity index (χ2n) is 4.56. The monoisotopic (exact) mass is 252 g/mol. The maximum Gasteiger partial charge on any atom is 0.250 e. The number of halogens is 1.